The molecule has 0 radical (unpaired) electrons. The summed E-state index contributed by atoms with van der Waals surface area (Å²) in [6, 6.07) is 1.57. The van der Waals surface area contributed by atoms with Gasteiger partial charge in [-0.05, 0) is 35.9 Å². The zero-order valence-corrected chi connectivity index (χ0v) is 10.4. The van der Waals surface area contributed by atoms with Gasteiger partial charge in [-0.1, -0.05) is 15.9 Å². The Morgan fingerprint density at radius 1 is 1.67 bits per heavy atom. The lowest BCUT2D eigenvalue weighted by molar-refractivity contribution is 0.0946. The van der Waals surface area contributed by atoms with Crippen LogP contribution in [0.4, 0.5) is 0 Å². The highest BCUT2D eigenvalue weighted by atomic mass is 79.9. The molecule has 1 fully saturated rings. The Morgan fingerprint density at radius 2 is 2.40 bits per heavy atom. The third-order valence-corrected chi connectivity index (χ3v) is 4.21. The first-order chi connectivity index (χ1) is 7.17. The second-order valence-corrected chi connectivity index (χ2v) is 4.83. The standard InChI is InChI=1S/C10H11BrClNO2/c11-5-10(2-3-10)6-13-9(14)7-1-4-15-8(7)12/h1,4H,2-3,5-6H2,(H,13,14). The van der Waals surface area contributed by atoms with Gasteiger partial charge in [0, 0.05) is 11.9 Å². The summed E-state index contributed by atoms with van der Waals surface area (Å²) in [7, 11) is 0. The lowest BCUT2D eigenvalue weighted by Crippen LogP contribution is -2.30. The van der Waals surface area contributed by atoms with E-state index < -0.39 is 0 Å². The van der Waals surface area contributed by atoms with Crippen molar-refractivity contribution < 1.29 is 9.21 Å². The van der Waals surface area contributed by atoms with Gasteiger partial charge in [-0.15, -0.1) is 0 Å². The zero-order chi connectivity index (χ0) is 10.9. The van der Waals surface area contributed by atoms with E-state index in [4.69, 9.17) is 16.0 Å². The summed E-state index contributed by atoms with van der Waals surface area (Å²) in [5.41, 5.74) is 0.674. The molecule has 0 atom stereocenters. The first-order valence-electron chi connectivity index (χ1n) is 4.74. The number of hydrogen-bond donors (Lipinski definition) is 1. The van der Waals surface area contributed by atoms with E-state index in [0.717, 1.165) is 18.2 Å². The molecule has 2 rings (SSSR count). The van der Waals surface area contributed by atoms with Gasteiger partial charge in [0.25, 0.3) is 5.91 Å². The van der Waals surface area contributed by atoms with Gasteiger partial charge < -0.3 is 9.73 Å². The molecule has 82 valence electrons. The molecule has 5 heteroatoms. The monoisotopic (exact) mass is 291 g/mol. The largest absolute Gasteiger partial charge is 0.452 e. The van der Waals surface area contributed by atoms with Crippen molar-refractivity contribution in [2.45, 2.75) is 12.8 Å². The molecule has 15 heavy (non-hydrogen) atoms. The third kappa shape index (κ3) is 2.37. The van der Waals surface area contributed by atoms with Crippen molar-refractivity contribution in [3.63, 3.8) is 0 Å². The van der Waals surface area contributed by atoms with Crippen molar-refractivity contribution in [3.8, 4) is 0 Å². The van der Waals surface area contributed by atoms with Gasteiger partial charge in [0.2, 0.25) is 5.22 Å². The van der Waals surface area contributed by atoms with Crippen LogP contribution in [0.5, 0.6) is 0 Å². The maximum Gasteiger partial charge on any atom is 0.256 e. The van der Waals surface area contributed by atoms with Gasteiger partial charge in [0.15, 0.2) is 0 Å². The van der Waals surface area contributed by atoms with Crippen LogP contribution in [-0.2, 0) is 0 Å². The number of carbonyl (C=O) groups excluding carboxylic acids is 1. The Labute approximate surface area is 101 Å². The molecule has 3 nitrogen and oxygen atoms in total. The van der Waals surface area contributed by atoms with Crippen LogP contribution in [0, 0.1) is 5.41 Å². The minimum Gasteiger partial charge on any atom is -0.452 e. The topological polar surface area (TPSA) is 42.2 Å². The summed E-state index contributed by atoms with van der Waals surface area (Å²) in [5.74, 6) is -0.166. The Bertz CT molecular complexity index is 373. The van der Waals surface area contributed by atoms with Gasteiger partial charge in [-0.2, -0.15) is 0 Å². The van der Waals surface area contributed by atoms with Crippen molar-refractivity contribution in [2.24, 2.45) is 5.41 Å². The number of nitrogens with one attached hydrogen (secondary N) is 1. The van der Waals surface area contributed by atoms with Crippen LogP contribution in [0.3, 0.4) is 0 Å². The fourth-order valence-electron chi connectivity index (χ4n) is 1.35. The van der Waals surface area contributed by atoms with Gasteiger partial charge in [-0.3, -0.25) is 4.79 Å². The van der Waals surface area contributed by atoms with Crippen LogP contribution in [0.25, 0.3) is 0 Å². The number of halogens is 2. The molecular weight excluding hydrogens is 281 g/mol. The predicted octanol–water partition coefficient (Wildman–Crippen LogP) is 2.84. The fourth-order valence-corrected chi connectivity index (χ4v) is 2.31. The smallest absolute Gasteiger partial charge is 0.256 e. The van der Waals surface area contributed by atoms with E-state index in [1.54, 1.807) is 6.07 Å². The number of alkyl halides is 1. The van der Waals surface area contributed by atoms with Crippen molar-refractivity contribution >= 4 is 33.4 Å². The van der Waals surface area contributed by atoms with Crippen LogP contribution >= 0.6 is 27.5 Å². The average Bonchev–Trinajstić information content (AvgIpc) is 2.91. The van der Waals surface area contributed by atoms with E-state index in [2.05, 4.69) is 21.2 Å². The molecule has 0 unspecified atom stereocenters. The Morgan fingerprint density at radius 3 is 2.87 bits per heavy atom. The van der Waals surface area contributed by atoms with Crippen LogP contribution in [0.2, 0.25) is 5.22 Å². The number of furan rings is 1. The molecule has 0 saturated heterocycles. The zero-order valence-electron chi connectivity index (χ0n) is 8.06. The Kier molecular flexibility index (Phi) is 3.07. The normalized spacial score (nSPS) is 17.5. The van der Waals surface area contributed by atoms with E-state index in [9.17, 15) is 4.79 Å². The van der Waals surface area contributed by atoms with Crippen LogP contribution in [0.1, 0.15) is 23.2 Å². The summed E-state index contributed by atoms with van der Waals surface area (Å²) >= 11 is 9.15. The SMILES string of the molecule is O=C(NCC1(CBr)CC1)c1ccoc1Cl. The van der Waals surface area contributed by atoms with Crippen molar-refractivity contribution in [3.05, 3.63) is 23.1 Å². The highest BCUT2D eigenvalue weighted by Crippen LogP contribution is 2.46. The molecule has 1 aliphatic carbocycles. The minimum atomic E-state index is -0.166. The lowest BCUT2D eigenvalue weighted by atomic mass is 10.1. The molecular formula is C10H11BrClNO2. The quantitative estimate of drug-likeness (QED) is 0.867. The summed E-state index contributed by atoms with van der Waals surface area (Å²) in [6.07, 6.45) is 3.74. The van der Waals surface area contributed by atoms with Crippen molar-refractivity contribution in [1.82, 2.24) is 5.32 Å². The summed E-state index contributed by atoms with van der Waals surface area (Å²) in [4.78, 5) is 11.6. The molecule has 1 amide bonds. The summed E-state index contributed by atoms with van der Waals surface area (Å²) in [6.45, 7) is 0.693. The molecule has 1 heterocycles. The third-order valence-electron chi connectivity index (χ3n) is 2.73. The first-order valence-corrected chi connectivity index (χ1v) is 6.24. The van der Waals surface area contributed by atoms with Crippen molar-refractivity contribution in [2.75, 3.05) is 11.9 Å². The molecule has 0 aliphatic heterocycles. The second-order valence-electron chi connectivity index (χ2n) is 3.92. The number of rotatable bonds is 4. The maximum atomic E-state index is 11.6. The predicted molar refractivity (Wildman–Crippen MR) is 61.5 cm³/mol. The van der Waals surface area contributed by atoms with Crippen LogP contribution in [-0.4, -0.2) is 17.8 Å². The van der Waals surface area contributed by atoms with Crippen LogP contribution in [0.15, 0.2) is 16.7 Å². The van der Waals surface area contributed by atoms with E-state index in [0.29, 0.717) is 12.1 Å². The molecule has 1 aromatic rings. The molecule has 1 N–H and O–H groups in total. The van der Waals surface area contributed by atoms with E-state index in [1.807, 2.05) is 0 Å². The second kappa shape index (κ2) is 4.18. The van der Waals surface area contributed by atoms with E-state index in [1.165, 1.54) is 6.26 Å². The number of amides is 1. The molecule has 1 saturated carbocycles. The Balaban J connectivity index is 1.91. The molecule has 0 aromatic carbocycles. The summed E-state index contributed by atoms with van der Waals surface area (Å²) < 4.78 is 4.85. The van der Waals surface area contributed by atoms with Crippen LogP contribution < -0.4 is 5.32 Å². The molecule has 0 spiro atoms. The lowest BCUT2D eigenvalue weighted by Gasteiger charge is -2.11. The van der Waals surface area contributed by atoms with Gasteiger partial charge in [0.1, 0.15) is 0 Å². The Hall–Kier alpha value is -0.480. The number of hydrogen-bond acceptors (Lipinski definition) is 2. The molecule has 1 aromatic heterocycles. The minimum absolute atomic E-state index is 0.149. The van der Waals surface area contributed by atoms with Gasteiger partial charge in [-0.25, -0.2) is 0 Å². The number of carbonyl (C=O) groups is 1. The van der Waals surface area contributed by atoms with Crippen molar-refractivity contribution in [1.29, 1.82) is 0 Å². The average molecular weight is 293 g/mol. The molecule has 0 bridgehead atoms. The maximum absolute atomic E-state index is 11.6. The fraction of sp³-hybridized carbons (Fsp3) is 0.500. The first kappa shape index (κ1) is 11.0. The highest BCUT2D eigenvalue weighted by Gasteiger charge is 2.41. The van der Waals surface area contributed by atoms with E-state index >= 15 is 0 Å². The summed E-state index contributed by atoms with van der Waals surface area (Å²) in [5, 5.41) is 3.95. The molecule has 1 aliphatic rings. The van der Waals surface area contributed by atoms with E-state index in [-0.39, 0.29) is 16.5 Å². The van der Waals surface area contributed by atoms with Gasteiger partial charge in [0.05, 0.1) is 11.8 Å². The van der Waals surface area contributed by atoms with Gasteiger partial charge >= 0.3 is 0 Å². The highest BCUT2D eigenvalue weighted by molar-refractivity contribution is 9.09.